The first-order valence-electron chi connectivity index (χ1n) is 10.9. The van der Waals surface area contributed by atoms with E-state index in [1.165, 1.54) is 17.8 Å². The Morgan fingerprint density at radius 2 is 1.91 bits per heavy atom. The fraction of sp³-hybridized carbons (Fsp3) is 0.292. The van der Waals surface area contributed by atoms with Crippen molar-refractivity contribution >= 4 is 34.3 Å². The Labute approximate surface area is 200 Å². The second-order valence-electron chi connectivity index (χ2n) is 7.96. The number of rotatable bonds is 6. The number of carbonyl (C=O) groups is 1. The molecule has 0 saturated carbocycles. The number of anilines is 1. The summed E-state index contributed by atoms with van der Waals surface area (Å²) in [7, 11) is 3.45. The van der Waals surface area contributed by atoms with Gasteiger partial charge in [-0.25, -0.2) is 4.39 Å². The zero-order chi connectivity index (χ0) is 23.7. The van der Waals surface area contributed by atoms with Crippen LogP contribution in [0.4, 0.5) is 10.1 Å². The average Bonchev–Trinajstić information content (AvgIpc) is 3.46. The lowest BCUT2D eigenvalue weighted by atomic mass is 10.2. The minimum Gasteiger partial charge on any atom is -0.493 e. The predicted octanol–water partition coefficient (Wildman–Crippen LogP) is 3.82. The van der Waals surface area contributed by atoms with Crippen LogP contribution in [0.1, 0.15) is 0 Å². The number of ether oxygens (including phenoxy) is 1. The van der Waals surface area contributed by atoms with E-state index in [-0.39, 0.29) is 17.5 Å². The zero-order valence-corrected chi connectivity index (χ0v) is 19.7. The van der Waals surface area contributed by atoms with E-state index < -0.39 is 0 Å². The fourth-order valence-corrected chi connectivity index (χ4v) is 4.90. The van der Waals surface area contributed by atoms with Crippen LogP contribution < -0.4 is 9.64 Å². The molecule has 1 fully saturated rings. The summed E-state index contributed by atoms with van der Waals surface area (Å²) in [5.41, 5.74) is 1.24. The van der Waals surface area contributed by atoms with Gasteiger partial charge in [-0.1, -0.05) is 36.0 Å². The Hall–Kier alpha value is -3.53. The van der Waals surface area contributed by atoms with Gasteiger partial charge in [-0.2, -0.15) is 0 Å². The van der Waals surface area contributed by atoms with Gasteiger partial charge in [0, 0.05) is 38.6 Å². The van der Waals surface area contributed by atoms with Crippen molar-refractivity contribution in [2.75, 3.05) is 43.9 Å². The maximum absolute atomic E-state index is 14.0. The van der Waals surface area contributed by atoms with E-state index in [1.807, 2.05) is 51.7 Å². The van der Waals surface area contributed by atoms with Crippen LogP contribution in [0, 0.1) is 5.82 Å². The van der Waals surface area contributed by atoms with E-state index in [4.69, 9.17) is 9.15 Å². The van der Waals surface area contributed by atoms with Crippen molar-refractivity contribution in [2.24, 2.45) is 7.05 Å². The highest BCUT2D eigenvalue weighted by Crippen LogP contribution is 2.33. The van der Waals surface area contributed by atoms with E-state index in [0.29, 0.717) is 59.9 Å². The molecule has 1 aliphatic rings. The van der Waals surface area contributed by atoms with Gasteiger partial charge in [0.15, 0.2) is 28.1 Å². The van der Waals surface area contributed by atoms with E-state index in [1.54, 1.807) is 19.2 Å². The molecular formula is C24H24FN5O3S. The number of hydrogen-bond donors (Lipinski definition) is 0. The highest BCUT2D eigenvalue weighted by atomic mass is 32.2. The van der Waals surface area contributed by atoms with Gasteiger partial charge < -0.3 is 23.5 Å². The molecule has 0 spiro atoms. The van der Waals surface area contributed by atoms with Crippen molar-refractivity contribution in [3.8, 4) is 17.3 Å². The number of para-hydroxylation sites is 2. The van der Waals surface area contributed by atoms with Gasteiger partial charge in [-0.3, -0.25) is 4.79 Å². The van der Waals surface area contributed by atoms with Crippen molar-refractivity contribution in [1.82, 2.24) is 19.7 Å². The summed E-state index contributed by atoms with van der Waals surface area (Å²) in [6, 6.07) is 14.3. The van der Waals surface area contributed by atoms with Gasteiger partial charge in [0.1, 0.15) is 5.82 Å². The first-order valence-corrected chi connectivity index (χ1v) is 11.9. The summed E-state index contributed by atoms with van der Waals surface area (Å²) in [5, 5.41) is 10.1. The maximum atomic E-state index is 14.0. The lowest BCUT2D eigenvalue weighted by Gasteiger charge is -2.36. The molecule has 1 amide bonds. The Morgan fingerprint density at radius 1 is 1.12 bits per heavy atom. The minimum absolute atomic E-state index is 0.0243. The second kappa shape index (κ2) is 9.38. The first kappa shape index (κ1) is 22.3. The molecule has 8 nitrogen and oxygen atoms in total. The number of hydrogen-bond acceptors (Lipinski definition) is 7. The number of aromatic nitrogens is 3. The lowest BCUT2D eigenvalue weighted by Crippen LogP contribution is -2.49. The van der Waals surface area contributed by atoms with Gasteiger partial charge in [-0.05, 0) is 24.3 Å². The molecule has 1 saturated heterocycles. The highest BCUT2D eigenvalue weighted by molar-refractivity contribution is 7.99. The third kappa shape index (κ3) is 4.21. The molecule has 2 aromatic heterocycles. The fourth-order valence-electron chi connectivity index (χ4n) is 4.08. The van der Waals surface area contributed by atoms with Crippen molar-refractivity contribution in [2.45, 2.75) is 5.16 Å². The molecule has 0 bridgehead atoms. The summed E-state index contributed by atoms with van der Waals surface area (Å²) in [5.74, 6) is 1.85. The van der Waals surface area contributed by atoms with Crippen LogP contribution in [0.2, 0.25) is 0 Å². The number of benzene rings is 2. The number of carbonyl (C=O) groups excluding carboxylic acids is 1. The number of thioether (sulfide) groups is 1. The summed E-state index contributed by atoms with van der Waals surface area (Å²) in [6.45, 7) is 2.30. The Bertz CT molecular complexity index is 1330. The topological polar surface area (TPSA) is 76.6 Å². The molecule has 176 valence electrons. The standard InChI is InChI=1S/C24H24FN5O3S/c1-28-23(20-14-16-6-5-9-19(32-2)22(16)33-20)26-27-24(28)34-15-21(31)30-12-10-29(11-13-30)18-8-4-3-7-17(18)25/h3-9,14H,10-13,15H2,1-2H3. The van der Waals surface area contributed by atoms with E-state index in [9.17, 15) is 9.18 Å². The lowest BCUT2D eigenvalue weighted by molar-refractivity contribution is -0.128. The number of fused-ring (bicyclic) bond motifs is 1. The van der Waals surface area contributed by atoms with E-state index >= 15 is 0 Å². The Morgan fingerprint density at radius 3 is 2.68 bits per heavy atom. The number of methoxy groups -OCH3 is 1. The normalized spacial score (nSPS) is 14.1. The Kier molecular flexibility index (Phi) is 6.14. The van der Waals surface area contributed by atoms with E-state index in [2.05, 4.69) is 10.2 Å². The molecule has 0 radical (unpaired) electrons. The largest absolute Gasteiger partial charge is 0.493 e. The summed E-state index contributed by atoms with van der Waals surface area (Å²) in [4.78, 5) is 16.6. The molecule has 0 atom stereocenters. The Balaban J connectivity index is 1.21. The van der Waals surface area contributed by atoms with Crippen LogP contribution >= 0.6 is 11.8 Å². The molecule has 4 aromatic rings. The minimum atomic E-state index is -0.237. The number of halogens is 1. The third-order valence-corrected chi connectivity index (χ3v) is 6.94. The van der Waals surface area contributed by atoms with E-state index in [0.717, 1.165) is 5.39 Å². The average molecular weight is 482 g/mol. The SMILES string of the molecule is COc1cccc2cc(-c3nnc(SCC(=O)N4CCN(c5ccccc5F)CC4)n3C)oc12. The summed E-state index contributed by atoms with van der Waals surface area (Å²) in [6.07, 6.45) is 0. The maximum Gasteiger partial charge on any atom is 0.233 e. The smallest absolute Gasteiger partial charge is 0.233 e. The van der Waals surface area contributed by atoms with Crippen LogP contribution in [0.3, 0.4) is 0 Å². The first-order chi connectivity index (χ1) is 16.5. The van der Waals surface area contributed by atoms with Gasteiger partial charge in [0.25, 0.3) is 0 Å². The van der Waals surface area contributed by atoms with Gasteiger partial charge in [0.05, 0.1) is 18.6 Å². The highest BCUT2D eigenvalue weighted by Gasteiger charge is 2.24. The zero-order valence-electron chi connectivity index (χ0n) is 18.9. The number of furan rings is 1. The van der Waals surface area contributed by atoms with Crippen LogP contribution in [-0.4, -0.2) is 64.6 Å². The molecular weight excluding hydrogens is 457 g/mol. The van der Waals surface area contributed by atoms with Crippen molar-refractivity contribution in [3.63, 3.8) is 0 Å². The van der Waals surface area contributed by atoms with Crippen molar-refractivity contribution in [3.05, 3.63) is 54.3 Å². The third-order valence-electron chi connectivity index (χ3n) is 5.93. The monoisotopic (exact) mass is 481 g/mol. The van der Waals surface area contributed by atoms with Gasteiger partial charge in [-0.15, -0.1) is 10.2 Å². The molecule has 0 unspecified atom stereocenters. The number of nitrogens with zero attached hydrogens (tertiary/aromatic N) is 5. The molecule has 10 heteroatoms. The number of piperazine rings is 1. The molecule has 3 heterocycles. The van der Waals surface area contributed by atoms with Gasteiger partial charge in [0.2, 0.25) is 5.91 Å². The van der Waals surface area contributed by atoms with Crippen molar-refractivity contribution < 1.29 is 18.3 Å². The second-order valence-corrected chi connectivity index (χ2v) is 8.90. The molecule has 0 aliphatic carbocycles. The molecule has 2 aromatic carbocycles. The van der Waals surface area contributed by atoms with Crippen LogP contribution in [0.25, 0.3) is 22.6 Å². The molecule has 34 heavy (non-hydrogen) atoms. The van der Waals surface area contributed by atoms with Gasteiger partial charge >= 0.3 is 0 Å². The molecule has 0 N–H and O–H groups in total. The van der Waals surface area contributed by atoms with Crippen molar-refractivity contribution in [1.29, 1.82) is 0 Å². The summed E-state index contributed by atoms with van der Waals surface area (Å²) >= 11 is 1.34. The molecule has 5 rings (SSSR count). The van der Waals surface area contributed by atoms with Crippen LogP contribution in [0.15, 0.2) is 58.1 Å². The molecule has 1 aliphatic heterocycles. The van der Waals surface area contributed by atoms with Crippen LogP contribution in [-0.2, 0) is 11.8 Å². The quantitative estimate of drug-likeness (QED) is 0.388. The predicted molar refractivity (Wildman–Crippen MR) is 129 cm³/mol. The number of amides is 1. The van der Waals surface area contributed by atoms with Crippen LogP contribution in [0.5, 0.6) is 5.75 Å². The summed E-state index contributed by atoms with van der Waals surface area (Å²) < 4.78 is 27.2.